The molecule has 108 valence electrons. The second kappa shape index (κ2) is 5.67. The summed E-state index contributed by atoms with van der Waals surface area (Å²) in [5.41, 5.74) is 9.76. The first kappa shape index (κ1) is 13.1. The smallest absolute Gasteiger partial charge is 0.00201 e. The molecule has 0 nitrogen and oxygen atoms in total. The molecule has 0 N–H and O–H groups in total. The van der Waals surface area contributed by atoms with Crippen LogP contribution < -0.4 is 0 Å². The van der Waals surface area contributed by atoms with Gasteiger partial charge in [-0.05, 0) is 78.3 Å². The zero-order valence-electron chi connectivity index (χ0n) is 12.8. The van der Waals surface area contributed by atoms with Gasteiger partial charge in [0.15, 0.2) is 0 Å². The number of benzene rings is 2. The molecule has 0 aliphatic heterocycles. The molecule has 21 heavy (non-hydrogen) atoms. The summed E-state index contributed by atoms with van der Waals surface area (Å²) in [5, 5.41) is 0. The van der Waals surface area contributed by atoms with Gasteiger partial charge in [-0.1, -0.05) is 49.2 Å². The Morgan fingerprint density at radius 3 is 1.48 bits per heavy atom. The number of fused-ring (bicyclic) bond motifs is 1. The van der Waals surface area contributed by atoms with E-state index in [4.69, 9.17) is 0 Å². The van der Waals surface area contributed by atoms with E-state index >= 15 is 0 Å². The summed E-state index contributed by atoms with van der Waals surface area (Å²) >= 11 is 0. The number of hydrogen-bond donors (Lipinski definition) is 0. The maximum absolute atomic E-state index is 2.38. The molecule has 2 bridgehead atoms. The van der Waals surface area contributed by atoms with Crippen LogP contribution in [0, 0.1) is 0 Å². The number of rotatable bonds is 0. The van der Waals surface area contributed by atoms with E-state index < -0.39 is 0 Å². The Kier molecular flexibility index (Phi) is 3.55. The van der Waals surface area contributed by atoms with Crippen molar-refractivity contribution in [1.82, 2.24) is 0 Å². The van der Waals surface area contributed by atoms with E-state index in [1.165, 1.54) is 51.4 Å². The molecule has 0 amide bonds. The number of aryl methyl sites for hydroxylation is 2. The summed E-state index contributed by atoms with van der Waals surface area (Å²) < 4.78 is 0. The first-order chi connectivity index (χ1) is 10.4. The lowest BCUT2D eigenvalue weighted by molar-refractivity contribution is 0.634. The molecule has 2 aliphatic carbocycles. The monoisotopic (exact) mass is 276 g/mol. The van der Waals surface area contributed by atoms with Gasteiger partial charge in [0.05, 0.1) is 0 Å². The zero-order valence-corrected chi connectivity index (χ0v) is 12.8. The minimum Gasteiger partial charge on any atom is -0.0617 e. The summed E-state index contributed by atoms with van der Waals surface area (Å²) in [6, 6.07) is 14.0. The first-order valence-corrected chi connectivity index (χ1v) is 8.61. The van der Waals surface area contributed by atoms with Crippen molar-refractivity contribution < 1.29 is 0 Å². The lowest BCUT2D eigenvalue weighted by atomic mass is 9.92. The molecule has 0 saturated carbocycles. The van der Waals surface area contributed by atoms with Crippen LogP contribution >= 0.6 is 0 Å². The third kappa shape index (κ3) is 2.52. The molecular formula is C21H24. The fourth-order valence-electron chi connectivity index (χ4n) is 4.26. The third-order valence-electron chi connectivity index (χ3n) is 5.39. The summed E-state index contributed by atoms with van der Waals surface area (Å²) in [5.74, 6) is 0. The topological polar surface area (TPSA) is 0 Å². The highest BCUT2D eigenvalue weighted by Crippen LogP contribution is 2.30. The molecule has 0 unspecified atom stereocenters. The van der Waals surface area contributed by atoms with Crippen LogP contribution in [0.3, 0.4) is 0 Å². The van der Waals surface area contributed by atoms with E-state index in [0.29, 0.717) is 0 Å². The summed E-state index contributed by atoms with van der Waals surface area (Å²) in [4.78, 5) is 0. The molecule has 4 rings (SSSR count). The van der Waals surface area contributed by atoms with Crippen LogP contribution in [0.1, 0.15) is 59.1 Å². The quantitative estimate of drug-likeness (QED) is 0.632. The average molecular weight is 276 g/mol. The van der Waals surface area contributed by atoms with Gasteiger partial charge in [0.25, 0.3) is 0 Å². The van der Waals surface area contributed by atoms with Gasteiger partial charge < -0.3 is 0 Å². The van der Waals surface area contributed by atoms with Crippen molar-refractivity contribution in [3.63, 3.8) is 0 Å². The van der Waals surface area contributed by atoms with Crippen LogP contribution in [-0.4, -0.2) is 0 Å². The summed E-state index contributed by atoms with van der Waals surface area (Å²) in [6.07, 6.45) is 11.7. The Balaban J connectivity index is 1.85. The Hall–Kier alpha value is -1.56. The molecule has 2 aromatic rings. The lowest BCUT2D eigenvalue weighted by Gasteiger charge is -2.14. The van der Waals surface area contributed by atoms with Crippen molar-refractivity contribution in [2.24, 2.45) is 0 Å². The Labute approximate surface area is 128 Å². The van der Waals surface area contributed by atoms with Crippen LogP contribution in [0.15, 0.2) is 36.4 Å². The van der Waals surface area contributed by atoms with Crippen LogP contribution in [0.2, 0.25) is 0 Å². The van der Waals surface area contributed by atoms with Gasteiger partial charge >= 0.3 is 0 Å². The van der Waals surface area contributed by atoms with E-state index in [-0.39, 0.29) is 0 Å². The summed E-state index contributed by atoms with van der Waals surface area (Å²) in [7, 11) is 0. The van der Waals surface area contributed by atoms with Crippen molar-refractivity contribution in [3.05, 3.63) is 69.8 Å². The Morgan fingerprint density at radius 1 is 0.476 bits per heavy atom. The molecular weight excluding hydrogens is 252 g/mol. The minimum absolute atomic E-state index is 1.15. The fourth-order valence-corrected chi connectivity index (χ4v) is 4.26. The van der Waals surface area contributed by atoms with E-state index in [1.807, 2.05) is 0 Å². The van der Waals surface area contributed by atoms with Crippen molar-refractivity contribution in [2.45, 2.75) is 57.8 Å². The van der Waals surface area contributed by atoms with Crippen molar-refractivity contribution in [2.75, 3.05) is 0 Å². The molecule has 0 saturated heterocycles. The maximum atomic E-state index is 2.38. The first-order valence-electron chi connectivity index (χ1n) is 8.61. The van der Waals surface area contributed by atoms with E-state index in [2.05, 4.69) is 36.4 Å². The highest BCUT2D eigenvalue weighted by molar-refractivity contribution is 5.46. The SMILES string of the molecule is c1cc2c3c(c1)Cc1cccc(c1CC3)CCCCCC2. The largest absolute Gasteiger partial charge is 0.0617 e. The Bertz CT molecular complexity index is 594. The van der Waals surface area contributed by atoms with Crippen LogP contribution in [0.5, 0.6) is 0 Å². The summed E-state index contributed by atoms with van der Waals surface area (Å²) in [6.45, 7) is 0. The van der Waals surface area contributed by atoms with Crippen molar-refractivity contribution in [3.8, 4) is 0 Å². The van der Waals surface area contributed by atoms with Crippen LogP contribution in [0.25, 0.3) is 0 Å². The maximum Gasteiger partial charge on any atom is -0.00201 e. The van der Waals surface area contributed by atoms with E-state index in [9.17, 15) is 0 Å². The standard InChI is InChI=1S/C21H24/c1-2-4-8-17-10-6-12-19-15-18-11-5-9-16(7-3-1)20(18)13-14-21(17)19/h5-6,9-12H,1-4,7-8,13-15H2. The molecule has 0 spiro atoms. The zero-order chi connectivity index (χ0) is 14.1. The lowest BCUT2D eigenvalue weighted by Crippen LogP contribution is -2.02. The average Bonchev–Trinajstić information content (AvgIpc) is 2.69. The van der Waals surface area contributed by atoms with E-state index in [1.54, 1.807) is 33.4 Å². The number of hydrogen-bond acceptors (Lipinski definition) is 0. The molecule has 0 radical (unpaired) electrons. The minimum atomic E-state index is 1.15. The van der Waals surface area contributed by atoms with Gasteiger partial charge in [-0.25, -0.2) is 0 Å². The van der Waals surface area contributed by atoms with Crippen LogP contribution in [0.4, 0.5) is 0 Å². The predicted molar refractivity (Wildman–Crippen MR) is 89.0 cm³/mol. The predicted octanol–water partition coefficient (Wildman–Crippen LogP) is 5.04. The molecule has 2 aliphatic rings. The van der Waals surface area contributed by atoms with Crippen LogP contribution in [-0.2, 0) is 32.1 Å². The van der Waals surface area contributed by atoms with Gasteiger partial charge in [-0.15, -0.1) is 0 Å². The van der Waals surface area contributed by atoms with Gasteiger partial charge in [0, 0.05) is 0 Å². The fraction of sp³-hybridized carbons (Fsp3) is 0.429. The highest BCUT2D eigenvalue weighted by atomic mass is 14.2. The van der Waals surface area contributed by atoms with Gasteiger partial charge in [-0.2, -0.15) is 0 Å². The van der Waals surface area contributed by atoms with Gasteiger partial charge in [0.1, 0.15) is 0 Å². The molecule has 0 atom stereocenters. The Morgan fingerprint density at radius 2 is 0.952 bits per heavy atom. The molecule has 0 heterocycles. The second-order valence-electron chi connectivity index (χ2n) is 6.70. The van der Waals surface area contributed by atoms with Gasteiger partial charge in [-0.3, -0.25) is 0 Å². The molecule has 2 aromatic carbocycles. The molecule has 0 heteroatoms. The van der Waals surface area contributed by atoms with Gasteiger partial charge in [0.2, 0.25) is 0 Å². The van der Waals surface area contributed by atoms with E-state index in [0.717, 1.165) is 6.42 Å². The molecule has 0 fully saturated rings. The third-order valence-corrected chi connectivity index (χ3v) is 5.39. The highest BCUT2D eigenvalue weighted by Gasteiger charge is 2.18. The molecule has 0 aromatic heterocycles. The normalized spacial score (nSPS) is 17.7. The van der Waals surface area contributed by atoms with Crippen molar-refractivity contribution >= 4 is 0 Å². The second-order valence-corrected chi connectivity index (χ2v) is 6.70. The van der Waals surface area contributed by atoms with Crippen molar-refractivity contribution in [1.29, 1.82) is 0 Å².